The van der Waals surface area contributed by atoms with E-state index in [1.54, 1.807) is 12.1 Å². The van der Waals surface area contributed by atoms with E-state index < -0.39 is 40.0 Å². The number of hydrogen-bond acceptors (Lipinski definition) is 7. The van der Waals surface area contributed by atoms with Crippen LogP contribution in [0.4, 0.5) is 5.69 Å². The number of nitrogens with one attached hydrogen (secondary N) is 3. The molecule has 2 amide bonds. The molecule has 196 valence electrons. The quantitative estimate of drug-likeness (QED) is 0.202. The number of carbonyl (C=O) groups excluding carboxylic acids is 3. The van der Waals surface area contributed by atoms with E-state index in [1.165, 1.54) is 23.5 Å². The first-order valence-electron chi connectivity index (χ1n) is 11.5. The van der Waals surface area contributed by atoms with Gasteiger partial charge in [-0.3, -0.25) is 23.7 Å². The Morgan fingerprint density at radius 2 is 1.62 bits per heavy atom. The Labute approximate surface area is 219 Å². The van der Waals surface area contributed by atoms with E-state index in [4.69, 9.17) is 4.55 Å². The van der Waals surface area contributed by atoms with E-state index in [0.29, 0.717) is 12.1 Å². The number of aromatic nitrogens is 1. The second kappa shape index (κ2) is 12.6. The van der Waals surface area contributed by atoms with Crippen LogP contribution in [0.3, 0.4) is 0 Å². The number of anilines is 1. The number of rotatable bonds is 12. The van der Waals surface area contributed by atoms with E-state index in [-0.39, 0.29) is 12.1 Å². The Balaban J connectivity index is 1.84. The minimum atomic E-state index is -4.40. The lowest BCUT2D eigenvalue weighted by atomic mass is 10.0. The molecule has 2 aromatic carbocycles. The number of hydrogen-bond donors (Lipinski definition) is 4. The molecule has 0 spiro atoms. The molecule has 4 N–H and O–H groups in total. The van der Waals surface area contributed by atoms with Gasteiger partial charge in [0, 0.05) is 18.7 Å². The number of ketones is 1. The molecule has 10 nitrogen and oxygen atoms in total. The monoisotopic (exact) mass is 544 g/mol. The number of thiazole rings is 1. The maximum Gasteiger partial charge on any atom is 0.357 e. The van der Waals surface area contributed by atoms with Gasteiger partial charge in [-0.05, 0) is 36.1 Å². The second-order valence-corrected chi connectivity index (χ2v) is 10.4. The summed E-state index contributed by atoms with van der Waals surface area (Å²) in [6, 6.07) is 13.9. The standard InChI is InChI=1S/C25H28N4O6S2/c1-3-23-26-22(15-36-23)20(13-18-9-11-19(12-10-18)29-37(33,34)35)27-25(32)21(28-24(31)16(2)30)14-17-7-5-4-6-8-17/h4-12,15,20-21,29H,3,13-14H2,1-2H3,(H,27,32)(H,28,31)(H,33,34,35). The third-order valence-electron chi connectivity index (χ3n) is 5.41. The number of aryl methyl sites for hydroxylation is 1. The second-order valence-electron chi connectivity index (χ2n) is 8.33. The van der Waals surface area contributed by atoms with Gasteiger partial charge in [0.15, 0.2) is 0 Å². The van der Waals surface area contributed by atoms with Crippen LogP contribution in [-0.2, 0) is 44.0 Å². The van der Waals surface area contributed by atoms with Crippen molar-refractivity contribution < 1.29 is 27.4 Å². The Hall–Kier alpha value is -3.61. The van der Waals surface area contributed by atoms with Crippen molar-refractivity contribution in [2.45, 2.75) is 45.2 Å². The highest BCUT2D eigenvalue weighted by Crippen LogP contribution is 2.23. The van der Waals surface area contributed by atoms with Gasteiger partial charge in [0.25, 0.3) is 5.91 Å². The predicted octanol–water partition coefficient (Wildman–Crippen LogP) is 2.64. The molecule has 1 aromatic heterocycles. The van der Waals surface area contributed by atoms with Crippen LogP contribution in [0, 0.1) is 0 Å². The fourth-order valence-corrected chi connectivity index (χ4v) is 4.79. The Kier molecular flexibility index (Phi) is 9.50. The lowest BCUT2D eigenvalue weighted by Gasteiger charge is -2.23. The van der Waals surface area contributed by atoms with Crippen molar-refractivity contribution >= 4 is 44.9 Å². The molecule has 0 saturated carbocycles. The summed E-state index contributed by atoms with van der Waals surface area (Å²) in [5.41, 5.74) is 2.41. The first kappa shape index (κ1) is 28.0. The van der Waals surface area contributed by atoms with Crippen molar-refractivity contribution in [1.29, 1.82) is 0 Å². The molecule has 0 aliphatic heterocycles. The molecule has 0 radical (unpaired) electrons. The van der Waals surface area contributed by atoms with Crippen molar-refractivity contribution in [3.05, 3.63) is 81.8 Å². The van der Waals surface area contributed by atoms with Gasteiger partial charge in [0.2, 0.25) is 11.7 Å². The van der Waals surface area contributed by atoms with Crippen LogP contribution in [0.2, 0.25) is 0 Å². The van der Waals surface area contributed by atoms with Crippen LogP contribution in [-0.4, -0.2) is 41.6 Å². The third kappa shape index (κ3) is 8.77. The molecule has 37 heavy (non-hydrogen) atoms. The molecule has 12 heteroatoms. The Morgan fingerprint density at radius 3 is 2.19 bits per heavy atom. The van der Waals surface area contributed by atoms with Crippen LogP contribution in [0.1, 0.15) is 41.7 Å². The lowest BCUT2D eigenvalue weighted by Crippen LogP contribution is -2.50. The number of nitrogens with zero attached hydrogens (tertiary/aromatic N) is 1. The molecule has 0 aliphatic carbocycles. The normalized spacial score (nSPS) is 12.8. The molecule has 0 saturated heterocycles. The van der Waals surface area contributed by atoms with Gasteiger partial charge in [0.05, 0.1) is 22.4 Å². The molecule has 0 bridgehead atoms. The highest BCUT2D eigenvalue weighted by Gasteiger charge is 2.27. The summed E-state index contributed by atoms with van der Waals surface area (Å²) in [4.78, 5) is 41.7. The summed E-state index contributed by atoms with van der Waals surface area (Å²) < 4.78 is 33.1. The SMILES string of the molecule is CCc1nc(C(Cc2ccc(NS(=O)(=O)O)cc2)NC(=O)C(Cc2ccccc2)NC(=O)C(C)=O)cs1. The van der Waals surface area contributed by atoms with Crippen LogP contribution in [0.25, 0.3) is 0 Å². The van der Waals surface area contributed by atoms with Gasteiger partial charge in [-0.2, -0.15) is 8.42 Å². The van der Waals surface area contributed by atoms with Crippen molar-refractivity contribution in [3.63, 3.8) is 0 Å². The van der Waals surface area contributed by atoms with Gasteiger partial charge in [-0.25, -0.2) is 4.98 Å². The third-order valence-corrected chi connectivity index (χ3v) is 6.92. The highest BCUT2D eigenvalue weighted by atomic mass is 32.2. The summed E-state index contributed by atoms with van der Waals surface area (Å²) in [6.07, 6.45) is 1.24. The molecule has 2 unspecified atom stereocenters. The van der Waals surface area contributed by atoms with Crippen molar-refractivity contribution in [1.82, 2.24) is 15.6 Å². The van der Waals surface area contributed by atoms with Gasteiger partial charge < -0.3 is 10.6 Å². The van der Waals surface area contributed by atoms with Crippen LogP contribution in [0.5, 0.6) is 0 Å². The van der Waals surface area contributed by atoms with E-state index >= 15 is 0 Å². The number of amides is 2. The lowest BCUT2D eigenvalue weighted by molar-refractivity contribution is -0.138. The van der Waals surface area contributed by atoms with E-state index in [9.17, 15) is 22.8 Å². The summed E-state index contributed by atoms with van der Waals surface area (Å²) in [6.45, 7) is 3.11. The molecule has 3 rings (SSSR count). The highest BCUT2D eigenvalue weighted by molar-refractivity contribution is 7.87. The summed E-state index contributed by atoms with van der Waals surface area (Å²) in [5.74, 6) is -2.02. The Morgan fingerprint density at radius 1 is 0.973 bits per heavy atom. The average Bonchev–Trinajstić information content (AvgIpc) is 3.33. The average molecular weight is 545 g/mol. The van der Waals surface area contributed by atoms with Crippen molar-refractivity contribution in [2.75, 3.05) is 4.72 Å². The van der Waals surface area contributed by atoms with E-state index in [0.717, 1.165) is 29.5 Å². The van der Waals surface area contributed by atoms with E-state index in [1.807, 2.05) is 47.4 Å². The van der Waals surface area contributed by atoms with Crippen LogP contribution >= 0.6 is 11.3 Å². The van der Waals surface area contributed by atoms with Gasteiger partial charge >= 0.3 is 10.3 Å². The van der Waals surface area contributed by atoms with Gasteiger partial charge in [-0.15, -0.1) is 11.3 Å². The molecular weight excluding hydrogens is 516 g/mol. The maximum absolute atomic E-state index is 13.4. The van der Waals surface area contributed by atoms with Crippen LogP contribution in [0.15, 0.2) is 60.0 Å². The Bertz CT molecular complexity index is 1340. The summed E-state index contributed by atoms with van der Waals surface area (Å²) >= 11 is 1.47. The first-order chi connectivity index (χ1) is 17.5. The smallest absolute Gasteiger partial charge is 0.346 e. The molecule has 2 atom stereocenters. The maximum atomic E-state index is 13.4. The van der Waals surface area contributed by atoms with Crippen molar-refractivity contribution in [3.8, 4) is 0 Å². The fraction of sp³-hybridized carbons (Fsp3) is 0.280. The summed E-state index contributed by atoms with van der Waals surface area (Å²) in [7, 11) is -4.40. The fourth-order valence-electron chi connectivity index (χ4n) is 3.56. The zero-order valence-corrected chi connectivity index (χ0v) is 21.9. The number of benzene rings is 2. The molecule has 3 aromatic rings. The minimum Gasteiger partial charge on any atom is -0.346 e. The van der Waals surface area contributed by atoms with Crippen molar-refractivity contribution in [2.24, 2.45) is 0 Å². The molecule has 0 fully saturated rings. The number of carbonyl (C=O) groups is 3. The van der Waals surface area contributed by atoms with Gasteiger partial charge in [0.1, 0.15) is 6.04 Å². The predicted molar refractivity (Wildman–Crippen MR) is 140 cm³/mol. The molecular formula is C25H28N4O6S2. The topological polar surface area (TPSA) is 155 Å². The van der Waals surface area contributed by atoms with E-state index in [2.05, 4.69) is 15.6 Å². The zero-order valence-electron chi connectivity index (χ0n) is 20.3. The molecule has 1 heterocycles. The van der Waals surface area contributed by atoms with Crippen LogP contribution < -0.4 is 15.4 Å². The largest absolute Gasteiger partial charge is 0.357 e. The number of Topliss-reactive ketones (excluding diaryl/α,β-unsaturated/α-hetero) is 1. The molecule has 0 aliphatic rings. The minimum absolute atomic E-state index is 0.184. The summed E-state index contributed by atoms with van der Waals surface area (Å²) in [5, 5.41) is 8.24. The first-order valence-corrected chi connectivity index (χ1v) is 13.8. The van der Waals surface area contributed by atoms with Gasteiger partial charge in [-0.1, -0.05) is 49.4 Å². The zero-order chi connectivity index (χ0) is 27.0.